The standard InChI is InChI=1S/C24H14Br2ClF3N4O6/c1-11(35)32-19(10-18(31-32)12-2-4-15(27)5-3-12)16-8-14(25)9-17(26)22(16)40-23-20(33(36)37)6-13(24(28,29)30)7-21(23)34(38)39/h2-9,19H,10H2,1H3. The summed E-state index contributed by atoms with van der Waals surface area (Å²) in [6.45, 7) is 1.26. The van der Waals surface area contributed by atoms with Gasteiger partial charge in [-0.25, -0.2) is 5.01 Å². The molecule has 3 aromatic rings. The summed E-state index contributed by atoms with van der Waals surface area (Å²) in [5, 5.41) is 29.5. The van der Waals surface area contributed by atoms with Crippen molar-refractivity contribution < 1.29 is 32.5 Å². The molecule has 40 heavy (non-hydrogen) atoms. The van der Waals surface area contributed by atoms with Crippen LogP contribution in [0.15, 0.2) is 62.6 Å². The van der Waals surface area contributed by atoms with Crippen LogP contribution in [0, 0.1) is 20.2 Å². The minimum Gasteiger partial charge on any atom is -0.443 e. The molecule has 0 aliphatic carbocycles. The fraction of sp³-hybridized carbons (Fsp3) is 0.167. The highest BCUT2D eigenvalue weighted by atomic mass is 79.9. The first-order valence-electron chi connectivity index (χ1n) is 11.0. The summed E-state index contributed by atoms with van der Waals surface area (Å²) < 4.78 is 46.5. The van der Waals surface area contributed by atoms with Gasteiger partial charge in [0.1, 0.15) is 5.75 Å². The molecule has 208 valence electrons. The van der Waals surface area contributed by atoms with Crippen molar-refractivity contribution in [3.05, 3.63) is 99.4 Å². The van der Waals surface area contributed by atoms with Crippen molar-refractivity contribution in [2.75, 3.05) is 0 Å². The number of ether oxygens (including phenoxy) is 1. The predicted molar refractivity (Wildman–Crippen MR) is 145 cm³/mol. The Hall–Kier alpha value is -3.56. The number of rotatable bonds is 6. The third-order valence-electron chi connectivity index (χ3n) is 5.78. The lowest BCUT2D eigenvalue weighted by Crippen LogP contribution is -2.24. The summed E-state index contributed by atoms with van der Waals surface area (Å²) in [5.41, 5.74) is -2.76. The van der Waals surface area contributed by atoms with Gasteiger partial charge in [0.25, 0.3) is 5.75 Å². The first-order valence-corrected chi connectivity index (χ1v) is 13.0. The number of nitro groups is 2. The van der Waals surface area contributed by atoms with Crippen molar-refractivity contribution in [2.24, 2.45) is 5.10 Å². The van der Waals surface area contributed by atoms with Crippen LogP contribution in [0.2, 0.25) is 5.02 Å². The summed E-state index contributed by atoms with van der Waals surface area (Å²) in [7, 11) is 0. The minimum atomic E-state index is -5.10. The van der Waals surface area contributed by atoms with Crippen molar-refractivity contribution >= 4 is 66.5 Å². The topological polar surface area (TPSA) is 128 Å². The lowest BCUT2D eigenvalue weighted by Gasteiger charge is -2.24. The van der Waals surface area contributed by atoms with Gasteiger partial charge in [-0.1, -0.05) is 39.7 Å². The number of hydrogen-bond donors (Lipinski definition) is 0. The summed E-state index contributed by atoms with van der Waals surface area (Å²) in [6, 6.07) is 9.13. The monoisotopic (exact) mass is 704 g/mol. The molecule has 1 amide bonds. The number of benzene rings is 3. The van der Waals surface area contributed by atoms with Gasteiger partial charge in [0.15, 0.2) is 0 Å². The number of hydrazone groups is 1. The lowest BCUT2D eigenvalue weighted by molar-refractivity contribution is -0.396. The molecule has 1 heterocycles. The third kappa shape index (κ3) is 5.95. The Kier molecular flexibility index (Phi) is 8.19. The molecule has 0 bridgehead atoms. The number of hydrogen-bond acceptors (Lipinski definition) is 7. The molecule has 1 aliphatic heterocycles. The second kappa shape index (κ2) is 11.1. The van der Waals surface area contributed by atoms with E-state index >= 15 is 0 Å². The fourth-order valence-electron chi connectivity index (χ4n) is 4.04. The number of carbonyl (C=O) groups excluding carboxylic acids is 1. The normalized spacial score (nSPS) is 15.1. The molecule has 1 atom stereocenters. The van der Waals surface area contributed by atoms with Crippen LogP contribution < -0.4 is 4.74 Å². The van der Waals surface area contributed by atoms with Gasteiger partial charge in [-0.2, -0.15) is 18.3 Å². The van der Waals surface area contributed by atoms with Crippen LogP contribution in [0.5, 0.6) is 11.5 Å². The van der Waals surface area contributed by atoms with Crippen molar-refractivity contribution in [3.63, 3.8) is 0 Å². The SMILES string of the molecule is CC(=O)N1N=C(c2ccc(Cl)cc2)CC1c1cc(Br)cc(Br)c1Oc1c([N+](=O)[O-])cc(C(F)(F)F)cc1[N+](=O)[O-]. The van der Waals surface area contributed by atoms with Crippen LogP contribution in [0.3, 0.4) is 0 Å². The summed E-state index contributed by atoms with van der Waals surface area (Å²) in [6.07, 6.45) is -4.96. The van der Waals surface area contributed by atoms with Crippen molar-refractivity contribution in [1.82, 2.24) is 5.01 Å². The third-order valence-corrected chi connectivity index (χ3v) is 7.08. The van der Waals surface area contributed by atoms with E-state index in [-0.39, 0.29) is 34.3 Å². The van der Waals surface area contributed by atoms with Crippen LogP contribution in [0.25, 0.3) is 0 Å². The van der Waals surface area contributed by atoms with Crippen molar-refractivity contribution in [1.29, 1.82) is 0 Å². The predicted octanol–water partition coefficient (Wildman–Crippen LogP) is 8.19. The lowest BCUT2D eigenvalue weighted by atomic mass is 9.97. The molecule has 10 nitrogen and oxygen atoms in total. The van der Waals surface area contributed by atoms with Gasteiger partial charge in [0.2, 0.25) is 5.91 Å². The Bertz CT molecular complexity index is 1550. The zero-order valence-corrected chi connectivity index (χ0v) is 23.8. The second-order valence-corrected chi connectivity index (χ2v) is 10.6. The molecule has 0 spiro atoms. The Labute approximate surface area is 244 Å². The van der Waals surface area contributed by atoms with E-state index < -0.39 is 50.7 Å². The maximum atomic E-state index is 13.4. The van der Waals surface area contributed by atoms with E-state index in [1.54, 1.807) is 24.3 Å². The van der Waals surface area contributed by atoms with Crippen LogP contribution in [0.1, 0.15) is 36.1 Å². The smallest absolute Gasteiger partial charge is 0.416 e. The van der Waals surface area contributed by atoms with Crippen molar-refractivity contribution in [3.8, 4) is 11.5 Å². The molecule has 0 saturated heterocycles. The van der Waals surface area contributed by atoms with E-state index in [0.717, 1.165) is 5.01 Å². The summed E-state index contributed by atoms with van der Waals surface area (Å²) >= 11 is 12.6. The van der Waals surface area contributed by atoms with Gasteiger partial charge in [-0.3, -0.25) is 25.0 Å². The van der Waals surface area contributed by atoms with E-state index in [2.05, 4.69) is 37.0 Å². The molecule has 0 saturated carbocycles. The Morgan fingerprint density at radius 2 is 1.62 bits per heavy atom. The molecule has 0 radical (unpaired) electrons. The largest absolute Gasteiger partial charge is 0.443 e. The minimum absolute atomic E-state index is 0.137. The Balaban J connectivity index is 1.88. The van der Waals surface area contributed by atoms with Gasteiger partial charge < -0.3 is 4.74 Å². The van der Waals surface area contributed by atoms with Crippen LogP contribution in [-0.2, 0) is 11.0 Å². The fourth-order valence-corrected chi connectivity index (χ4v) is 5.50. The van der Waals surface area contributed by atoms with Gasteiger partial charge in [0.05, 0.1) is 31.6 Å². The zero-order chi connectivity index (χ0) is 29.5. The number of nitro benzene ring substituents is 2. The quantitative estimate of drug-likeness (QED) is 0.188. The highest BCUT2D eigenvalue weighted by Gasteiger charge is 2.40. The molecule has 1 aliphatic rings. The average molecular weight is 707 g/mol. The highest BCUT2D eigenvalue weighted by molar-refractivity contribution is 9.11. The highest BCUT2D eigenvalue weighted by Crippen LogP contribution is 2.49. The van der Waals surface area contributed by atoms with Crippen LogP contribution in [0.4, 0.5) is 24.5 Å². The molecule has 16 heteroatoms. The van der Waals surface area contributed by atoms with E-state index in [0.29, 0.717) is 20.8 Å². The maximum Gasteiger partial charge on any atom is 0.416 e. The number of alkyl halides is 3. The maximum absolute atomic E-state index is 13.4. The first-order chi connectivity index (χ1) is 18.7. The molecule has 0 N–H and O–H groups in total. The Morgan fingerprint density at radius 1 is 1.05 bits per heavy atom. The van der Waals surface area contributed by atoms with E-state index in [4.69, 9.17) is 16.3 Å². The second-order valence-electron chi connectivity index (χ2n) is 8.40. The first kappa shape index (κ1) is 29.4. The molecule has 0 aromatic heterocycles. The van der Waals surface area contributed by atoms with Crippen LogP contribution >= 0.6 is 43.5 Å². The molecular weight excluding hydrogens is 693 g/mol. The summed E-state index contributed by atoms with van der Waals surface area (Å²) in [4.78, 5) is 33.7. The number of amides is 1. The van der Waals surface area contributed by atoms with Gasteiger partial charge in [0, 0.05) is 40.5 Å². The number of halogens is 6. The molecule has 0 fully saturated rings. The number of nitrogens with zero attached hydrogens (tertiary/aromatic N) is 4. The van der Waals surface area contributed by atoms with E-state index in [1.165, 1.54) is 19.1 Å². The zero-order valence-electron chi connectivity index (χ0n) is 19.9. The van der Waals surface area contributed by atoms with E-state index in [1.807, 2.05) is 0 Å². The van der Waals surface area contributed by atoms with Crippen molar-refractivity contribution in [2.45, 2.75) is 25.6 Å². The molecule has 1 unspecified atom stereocenters. The molecule has 4 rings (SSSR count). The van der Waals surface area contributed by atoms with Gasteiger partial charge >= 0.3 is 17.6 Å². The van der Waals surface area contributed by atoms with Crippen LogP contribution in [-0.4, -0.2) is 26.5 Å². The average Bonchev–Trinajstić information content (AvgIpc) is 3.30. The molecular formula is C24H14Br2ClF3N4O6. The van der Waals surface area contributed by atoms with E-state index in [9.17, 15) is 38.2 Å². The van der Waals surface area contributed by atoms with Gasteiger partial charge in [-0.15, -0.1) is 0 Å². The summed E-state index contributed by atoms with van der Waals surface area (Å²) in [5.74, 6) is -1.68. The molecule has 3 aromatic carbocycles. The Morgan fingerprint density at radius 3 is 2.12 bits per heavy atom. The number of carbonyl (C=O) groups is 1. The van der Waals surface area contributed by atoms with Gasteiger partial charge in [-0.05, 0) is 45.8 Å².